The summed E-state index contributed by atoms with van der Waals surface area (Å²) in [5.41, 5.74) is 2.06. The molecule has 1 fully saturated rings. The number of benzene rings is 1. The molecule has 1 unspecified atom stereocenters. The summed E-state index contributed by atoms with van der Waals surface area (Å²) in [5.74, 6) is 0.643. The van der Waals surface area contributed by atoms with Gasteiger partial charge in [-0.3, -0.25) is 4.79 Å². The number of hydrogen-bond donors (Lipinski definition) is 1. The number of amides is 1. The predicted octanol–water partition coefficient (Wildman–Crippen LogP) is 2.31. The molecule has 116 valence electrons. The number of carbonyl (C=O) groups is 1. The van der Waals surface area contributed by atoms with Gasteiger partial charge in [-0.15, -0.1) is 0 Å². The standard InChI is InChI=1S/C17H21N3O2/c21-17(7-6-14-8-11-22-13-14)18-12-15-4-1-2-5-16(15)20-10-3-9-19-20/h1-5,9-10,14H,6-8,11-13H2,(H,18,21). The Morgan fingerprint density at radius 3 is 3.05 bits per heavy atom. The van der Waals surface area contributed by atoms with Gasteiger partial charge in [0.25, 0.3) is 0 Å². The van der Waals surface area contributed by atoms with E-state index in [1.165, 1.54) is 0 Å². The third kappa shape index (κ3) is 3.74. The summed E-state index contributed by atoms with van der Waals surface area (Å²) >= 11 is 0. The normalized spacial score (nSPS) is 17.5. The highest BCUT2D eigenvalue weighted by Gasteiger charge is 2.16. The third-order valence-corrected chi connectivity index (χ3v) is 4.02. The van der Waals surface area contributed by atoms with E-state index in [2.05, 4.69) is 10.4 Å². The van der Waals surface area contributed by atoms with E-state index < -0.39 is 0 Å². The second kappa shape index (κ2) is 7.22. The Hall–Kier alpha value is -2.14. The van der Waals surface area contributed by atoms with Gasteiger partial charge in [0.1, 0.15) is 0 Å². The molecule has 0 spiro atoms. The van der Waals surface area contributed by atoms with Crippen molar-refractivity contribution in [2.45, 2.75) is 25.8 Å². The number of carbonyl (C=O) groups excluding carboxylic acids is 1. The smallest absolute Gasteiger partial charge is 0.220 e. The van der Waals surface area contributed by atoms with Crippen molar-refractivity contribution in [3.63, 3.8) is 0 Å². The van der Waals surface area contributed by atoms with E-state index in [1.807, 2.05) is 41.2 Å². The first-order chi connectivity index (χ1) is 10.8. The van der Waals surface area contributed by atoms with Crippen LogP contribution in [0.25, 0.3) is 5.69 Å². The number of rotatable bonds is 6. The Labute approximate surface area is 130 Å². The van der Waals surface area contributed by atoms with Crippen molar-refractivity contribution in [3.05, 3.63) is 48.3 Å². The van der Waals surface area contributed by atoms with Gasteiger partial charge in [-0.1, -0.05) is 18.2 Å². The highest BCUT2D eigenvalue weighted by atomic mass is 16.5. The van der Waals surface area contributed by atoms with Gasteiger partial charge in [-0.05, 0) is 36.5 Å². The SMILES string of the molecule is O=C(CCC1CCOC1)NCc1ccccc1-n1cccn1. The molecule has 1 amide bonds. The number of ether oxygens (including phenoxy) is 1. The van der Waals surface area contributed by atoms with Gasteiger partial charge >= 0.3 is 0 Å². The predicted molar refractivity (Wildman–Crippen MR) is 83.6 cm³/mol. The average molecular weight is 299 g/mol. The summed E-state index contributed by atoms with van der Waals surface area (Å²) in [6.45, 7) is 2.16. The molecule has 0 aliphatic carbocycles. The molecule has 0 saturated carbocycles. The molecule has 5 nitrogen and oxygen atoms in total. The van der Waals surface area contributed by atoms with Crippen molar-refractivity contribution in [3.8, 4) is 5.69 Å². The Balaban J connectivity index is 1.54. The van der Waals surface area contributed by atoms with Crippen LogP contribution in [0.15, 0.2) is 42.7 Å². The van der Waals surface area contributed by atoms with Crippen LogP contribution in [0.4, 0.5) is 0 Å². The van der Waals surface area contributed by atoms with Crippen LogP contribution in [-0.4, -0.2) is 28.9 Å². The lowest BCUT2D eigenvalue weighted by molar-refractivity contribution is -0.121. The van der Waals surface area contributed by atoms with E-state index in [4.69, 9.17) is 4.74 Å². The zero-order valence-corrected chi connectivity index (χ0v) is 12.6. The minimum absolute atomic E-state index is 0.0992. The molecule has 0 radical (unpaired) electrons. The molecule has 1 saturated heterocycles. The van der Waals surface area contributed by atoms with Crippen LogP contribution < -0.4 is 5.32 Å². The maximum Gasteiger partial charge on any atom is 0.220 e. The minimum atomic E-state index is 0.0992. The maximum absolute atomic E-state index is 12.0. The van der Waals surface area contributed by atoms with Crippen molar-refractivity contribution in [1.29, 1.82) is 0 Å². The van der Waals surface area contributed by atoms with Gasteiger partial charge in [0, 0.05) is 38.6 Å². The van der Waals surface area contributed by atoms with Crippen molar-refractivity contribution in [2.75, 3.05) is 13.2 Å². The van der Waals surface area contributed by atoms with Gasteiger partial charge in [-0.2, -0.15) is 5.10 Å². The number of aromatic nitrogens is 2. The van der Waals surface area contributed by atoms with Crippen LogP contribution >= 0.6 is 0 Å². The fourth-order valence-electron chi connectivity index (χ4n) is 2.72. The molecule has 2 aromatic rings. The molecule has 1 aliphatic heterocycles. The number of hydrogen-bond acceptors (Lipinski definition) is 3. The molecule has 1 aromatic heterocycles. The fraction of sp³-hybridized carbons (Fsp3) is 0.412. The summed E-state index contributed by atoms with van der Waals surface area (Å²) < 4.78 is 7.15. The Morgan fingerprint density at radius 2 is 2.27 bits per heavy atom. The van der Waals surface area contributed by atoms with Crippen molar-refractivity contribution < 1.29 is 9.53 Å². The average Bonchev–Trinajstić information content (AvgIpc) is 3.24. The molecule has 0 bridgehead atoms. The second-order valence-electron chi connectivity index (χ2n) is 5.62. The van der Waals surface area contributed by atoms with Gasteiger partial charge in [0.05, 0.1) is 5.69 Å². The van der Waals surface area contributed by atoms with Crippen LogP contribution in [0.2, 0.25) is 0 Å². The topological polar surface area (TPSA) is 56.1 Å². The third-order valence-electron chi connectivity index (χ3n) is 4.02. The fourth-order valence-corrected chi connectivity index (χ4v) is 2.72. The Kier molecular flexibility index (Phi) is 4.85. The lowest BCUT2D eigenvalue weighted by atomic mass is 10.0. The summed E-state index contributed by atoms with van der Waals surface area (Å²) in [5, 5.41) is 7.26. The molecule has 5 heteroatoms. The number of nitrogens with zero attached hydrogens (tertiary/aromatic N) is 2. The van der Waals surface area contributed by atoms with Crippen molar-refractivity contribution in [1.82, 2.24) is 15.1 Å². The van der Waals surface area contributed by atoms with E-state index in [9.17, 15) is 4.79 Å². The van der Waals surface area contributed by atoms with Gasteiger partial charge in [0.15, 0.2) is 0 Å². The van der Waals surface area contributed by atoms with Crippen molar-refractivity contribution in [2.24, 2.45) is 5.92 Å². The quantitative estimate of drug-likeness (QED) is 0.890. The lowest BCUT2D eigenvalue weighted by Gasteiger charge is -2.11. The second-order valence-corrected chi connectivity index (χ2v) is 5.62. The molecular formula is C17H21N3O2. The molecule has 3 rings (SSSR count). The monoisotopic (exact) mass is 299 g/mol. The maximum atomic E-state index is 12.0. The molecule has 22 heavy (non-hydrogen) atoms. The Morgan fingerprint density at radius 1 is 1.36 bits per heavy atom. The van der Waals surface area contributed by atoms with Crippen molar-refractivity contribution >= 4 is 5.91 Å². The summed E-state index contributed by atoms with van der Waals surface area (Å²) in [6, 6.07) is 9.86. The van der Waals surface area contributed by atoms with Crippen LogP contribution in [0.5, 0.6) is 0 Å². The molecule has 1 aromatic carbocycles. The molecule has 2 heterocycles. The highest BCUT2D eigenvalue weighted by Crippen LogP contribution is 2.18. The van der Waals surface area contributed by atoms with Crippen LogP contribution in [0, 0.1) is 5.92 Å². The van der Waals surface area contributed by atoms with Crippen LogP contribution in [-0.2, 0) is 16.1 Å². The highest BCUT2D eigenvalue weighted by molar-refractivity contribution is 5.76. The zero-order valence-electron chi connectivity index (χ0n) is 12.6. The number of nitrogens with one attached hydrogen (secondary N) is 1. The van der Waals surface area contributed by atoms with E-state index in [0.29, 0.717) is 18.9 Å². The molecule has 1 aliphatic rings. The van der Waals surface area contributed by atoms with Crippen LogP contribution in [0.3, 0.4) is 0 Å². The van der Waals surface area contributed by atoms with Gasteiger partial charge < -0.3 is 10.1 Å². The zero-order chi connectivity index (χ0) is 15.2. The summed E-state index contributed by atoms with van der Waals surface area (Å²) in [4.78, 5) is 12.0. The number of para-hydroxylation sites is 1. The lowest BCUT2D eigenvalue weighted by Crippen LogP contribution is -2.24. The summed E-state index contributed by atoms with van der Waals surface area (Å²) in [7, 11) is 0. The first kappa shape index (κ1) is 14.8. The van der Waals surface area contributed by atoms with E-state index >= 15 is 0 Å². The van der Waals surface area contributed by atoms with Gasteiger partial charge in [-0.25, -0.2) is 4.68 Å². The van der Waals surface area contributed by atoms with E-state index in [-0.39, 0.29) is 5.91 Å². The van der Waals surface area contributed by atoms with Gasteiger partial charge in [0.2, 0.25) is 5.91 Å². The largest absolute Gasteiger partial charge is 0.381 e. The van der Waals surface area contributed by atoms with E-state index in [0.717, 1.165) is 37.3 Å². The minimum Gasteiger partial charge on any atom is -0.381 e. The molecule has 1 N–H and O–H groups in total. The molecule has 1 atom stereocenters. The van der Waals surface area contributed by atoms with E-state index in [1.54, 1.807) is 6.20 Å². The summed E-state index contributed by atoms with van der Waals surface area (Å²) in [6.07, 6.45) is 6.21. The van der Waals surface area contributed by atoms with Crippen LogP contribution in [0.1, 0.15) is 24.8 Å². The Bertz CT molecular complexity index is 604. The molecular weight excluding hydrogens is 278 g/mol. The first-order valence-electron chi connectivity index (χ1n) is 7.75. The first-order valence-corrected chi connectivity index (χ1v) is 7.75.